The predicted molar refractivity (Wildman–Crippen MR) is 109 cm³/mol. The number of Topliss-reactive ketones (excluding diaryl/α,β-unsaturated/α-hetero) is 1. The standard InChI is InChI=1S/C23H30N2O2/c1-5-6-7-8-16-12-17(22(24)27)9-10-19(16)25-15(2)11-18-20(25)13-23(3,4)14-21(18)26/h9-12H,5-8,13-14H2,1-4H3,(H2,24,27). The number of unbranched alkanes of at least 4 members (excludes halogenated alkanes) is 2. The van der Waals surface area contributed by atoms with Crippen LogP contribution in [-0.2, 0) is 12.8 Å². The van der Waals surface area contributed by atoms with Crippen molar-refractivity contribution >= 4 is 11.7 Å². The molecule has 0 spiro atoms. The van der Waals surface area contributed by atoms with Gasteiger partial charge >= 0.3 is 0 Å². The third-order valence-corrected chi connectivity index (χ3v) is 5.53. The van der Waals surface area contributed by atoms with E-state index in [2.05, 4.69) is 32.3 Å². The van der Waals surface area contributed by atoms with Gasteiger partial charge in [0.05, 0.1) is 0 Å². The number of rotatable bonds is 6. The van der Waals surface area contributed by atoms with E-state index in [1.54, 1.807) is 6.07 Å². The van der Waals surface area contributed by atoms with Crippen LogP contribution in [0.1, 0.15) is 84.1 Å². The van der Waals surface area contributed by atoms with Crippen LogP contribution in [0.15, 0.2) is 24.3 Å². The summed E-state index contributed by atoms with van der Waals surface area (Å²) in [7, 11) is 0. The molecule has 1 aromatic heterocycles. The van der Waals surface area contributed by atoms with Gasteiger partial charge in [0, 0.05) is 34.6 Å². The van der Waals surface area contributed by atoms with E-state index in [-0.39, 0.29) is 11.2 Å². The molecule has 27 heavy (non-hydrogen) atoms. The van der Waals surface area contributed by atoms with E-state index < -0.39 is 5.91 Å². The van der Waals surface area contributed by atoms with Crippen LogP contribution in [0.5, 0.6) is 0 Å². The first-order chi connectivity index (χ1) is 12.7. The van der Waals surface area contributed by atoms with Crippen LogP contribution in [0, 0.1) is 12.3 Å². The lowest BCUT2D eigenvalue weighted by molar-refractivity contribution is 0.0910. The summed E-state index contributed by atoms with van der Waals surface area (Å²) in [6.07, 6.45) is 5.72. The van der Waals surface area contributed by atoms with Crippen LogP contribution in [0.25, 0.3) is 5.69 Å². The van der Waals surface area contributed by atoms with Crippen LogP contribution in [0.2, 0.25) is 0 Å². The molecule has 1 aliphatic rings. The molecule has 144 valence electrons. The van der Waals surface area contributed by atoms with Crippen molar-refractivity contribution in [2.75, 3.05) is 0 Å². The number of carbonyl (C=O) groups is 2. The van der Waals surface area contributed by atoms with Gasteiger partial charge in [-0.2, -0.15) is 0 Å². The largest absolute Gasteiger partial charge is 0.366 e. The zero-order valence-corrected chi connectivity index (χ0v) is 16.9. The lowest BCUT2D eigenvalue weighted by Gasteiger charge is -2.30. The molecular weight excluding hydrogens is 336 g/mol. The van der Waals surface area contributed by atoms with E-state index in [1.165, 1.54) is 0 Å². The molecule has 0 radical (unpaired) electrons. The van der Waals surface area contributed by atoms with E-state index >= 15 is 0 Å². The molecule has 1 amide bonds. The fourth-order valence-corrected chi connectivity index (χ4v) is 4.21. The van der Waals surface area contributed by atoms with Crippen molar-refractivity contribution in [3.8, 4) is 5.69 Å². The third kappa shape index (κ3) is 3.85. The van der Waals surface area contributed by atoms with Crippen LogP contribution >= 0.6 is 0 Å². The van der Waals surface area contributed by atoms with E-state index in [9.17, 15) is 9.59 Å². The second-order valence-corrected chi connectivity index (χ2v) is 8.59. The van der Waals surface area contributed by atoms with Gasteiger partial charge in [-0.15, -0.1) is 0 Å². The molecule has 0 saturated carbocycles. The minimum Gasteiger partial charge on any atom is -0.366 e. The Hall–Kier alpha value is -2.36. The van der Waals surface area contributed by atoms with Gasteiger partial charge in [0.25, 0.3) is 0 Å². The van der Waals surface area contributed by atoms with Crippen LogP contribution in [0.4, 0.5) is 0 Å². The Morgan fingerprint density at radius 3 is 2.59 bits per heavy atom. The number of fused-ring (bicyclic) bond motifs is 1. The number of primary amides is 1. The van der Waals surface area contributed by atoms with E-state index in [0.717, 1.165) is 60.3 Å². The van der Waals surface area contributed by atoms with Crippen molar-refractivity contribution in [3.63, 3.8) is 0 Å². The Morgan fingerprint density at radius 2 is 1.93 bits per heavy atom. The van der Waals surface area contributed by atoms with Crippen LogP contribution in [-0.4, -0.2) is 16.3 Å². The Morgan fingerprint density at radius 1 is 1.19 bits per heavy atom. The highest BCUT2D eigenvalue weighted by atomic mass is 16.1. The third-order valence-electron chi connectivity index (χ3n) is 5.53. The highest BCUT2D eigenvalue weighted by Crippen LogP contribution is 2.38. The lowest BCUT2D eigenvalue weighted by atomic mass is 9.76. The smallest absolute Gasteiger partial charge is 0.248 e. The first-order valence-electron chi connectivity index (χ1n) is 9.91. The van der Waals surface area contributed by atoms with Crippen molar-refractivity contribution in [1.82, 2.24) is 4.57 Å². The molecule has 0 unspecified atom stereocenters. The molecule has 1 aliphatic carbocycles. The topological polar surface area (TPSA) is 65.1 Å². The maximum Gasteiger partial charge on any atom is 0.248 e. The van der Waals surface area contributed by atoms with Crippen molar-refractivity contribution in [3.05, 3.63) is 52.3 Å². The van der Waals surface area contributed by atoms with Gasteiger partial charge in [-0.1, -0.05) is 33.6 Å². The van der Waals surface area contributed by atoms with Gasteiger partial charge in [-0.3, -0.25) is 9.59 Å². The summed E-state index contributed by atoms with van der Waals surface area (Å²) < 4.78 is 2.22. The summed E-state index contributed by atoms with van der Waals surface area (Å²) in [6.45, 7) is 8.54. The van der Waals surface area contributed by atoms with Gasteiger partial charge in [-0.05, 0) is 61.4 Å². The first kappa shape index (κ1) is 19.4. The SMILES string of the molecule is CCCCCc1cc(C(N)=O)ccc1-n1c(C)cc2c1CC(C)(C)CC2=O. The van der Waals surface area contributed by atoms with E-state index in [0.29, 0.717) is 12.0 Å². The molecule has 2 aromatic rings. The molecule has 4 nitrogen and oxygen atoms in total. The summed E-state index contributed by atoms with van der Waals surface area (Å²) >= 11 is 0. The number of amides is 1. The number of carbonyl (C=O) groups excluding carboxylic acids is 2. The summed E-state index contributed by atoms with van der Waals surface area (Å²) in [4.78, 5) is 24.3. The highest BCUT2D eigenvalue weighted by Gasteiger charge is 2.34. The van der Waals surface area contributed by atoms with Gasteiger partial charge in [0.1, 0.15) is 0 Å². The number of aromatic nitrogens is 1. The number of hydrogen-bond acceptors (Lipinski definition) is 2. The molecule has 4 heteroatoms. The quantitative estimate of drug-likeness (QED) is 0.748. The first-order valence-corrected chi connectivity index (χ1v) is 9.91. The number of nitrogens with two attached hydrogens (primary N) is 1. The molecule has 0 saturated heterocycles. The molecule has 2 N–H and O–H groups in total. The van der Waals surface area contributed by atoms with E-state index in [1.807, 2.05) is 18.2 Å². The fourth-order valence-electron chi connectivity index (χ4n) is 4.21. The van der Waals surface area contributed by atoms with Gasteiger partial charge in [0.2, 0.25) is 5.91 Å². The Bertz CT molecular complexity index is 890. The van der Waals surface area contributed by atoms with Crippen LogP contribution in [0.3, 0.4) is 0 Å². The zero-order chi connectivity index (χ0) is 19.8. The monoisotopic (exact) mass is 366 g/mol. The van der Waals surface area contributed by atoms with Gasteiger partial charge in [-0.25, -0.2) is 0 Å². The minimum absolute atomic E-state index is 0.0395. The molecule has 1 aromatic carbocycles. The number of ketones is 1. The second-order valence-electron chi connectivity index (χ2n) is 8.59. The van der Waals surface area contributed by atoms with Crippen LogP contribution < -0.4 is 5.73 Å². The molecule has 0 fully saturated rings. The van der Waals surface area contributed by atoms with Crippen molar-refractivity contribution in [2.24, 2.45) is 11.1 Å². The average Bonchev–Trinajstić information content (AvgIpc) is 2.90. The maximum absolute atomic E-state index is 12.7. The summed E-state index contributed by atoms with van der Waals surface area (Å²) in [5.41, 5.74) is 11.2. The second kappa shape index (κ2) is 7.34. The van der Waals surface area contributed by atoms with Crippen molar-refractivity contribution in [1.29, 1.82) is 0 Å². The van der Waals surface area contributed by atoms with E-state index in [4.69, 9.17) is 5.73 Å². The molecule has 0 bridgehead atoms. The number of nitrogens with zero attached hydrogens (tertiary/aromatic N) is 1. The predicted octanol–water partition coefficient (Wildman–Crippen LogP) is 4.77. The average molecular weight is 367 g/mol. The van der Waals surface area contributed by atoms with Crippen molar-refractivity contribution in [2.45, 2.75) is 66.2 Å². The van der Waals surface area contributed by atoms with Crippen molar-refractivity contribution < 1.29 is 9.59 Å². The Kier molecular flexibility index (Phi) is 5.27. The molecule has 0 atom stereocenters. The highest BCUT2D eigenvalue weighted by molar-refractivity contribution is 5.99. The number of benzene rings is 1. The summed E-state index contributed by atoms with van der Waals surface area (Å²) in [6, 6.07) is 7.73. The summed E-state index contributed by atoms with van der Waals surface area (Å²) in [5, 5.41) is 0. The molecule has 1 heterocycles. The Balaban J connectivity index is 2.14. The maximum atomic E-state index is 12.7. The minimum atomic E-state index is -0.402. The molecular formula is C23H30N2O2. The van der Waals surface area contributed by atoms with Gasteiger partial charge < -0.3 is 10.3 Å². The zero-order valence-electron chi connectivity index (χ0n) is 16.9. The lowest BCUT2D eigenvalue weighted by Crippen LogP contribution is -2.28. The van der Waals surface area contributed by atoms with Gasteiger partial charge in [0.15, 0.2) is 5.78 Å². The molecule has 3 rings (SSSR count). The fraction of sp³-hybridized carbons (Fsp3) is 0.478. The number of hydrogen-bond donors (Lipinski definition) is 1. The summed E-state index contributed by atoms with van der Waals surface area (Å²) in [5.74, 6) is -0.176. The number of aryl methyl sites for hydroxylation is 2. The Labute approximate surface area is 161 Å². The molecule has 0 aliphatic heterocycles. The normalized spacial score (nSPS) is 15.6.